The van der Waals surface area contributed by atoms with E-state index in [1.807, 2.05) is 0 Å². The minimum absolute atomic E-state index is 0.0856. The van der Waals surface area contributed by atoms with Gasteiger partial charge in [0.1, 0.15) is 6.67 Å². The van der Waals surface area contributed by atoms with E-state index in [1.165, 1.54) is 36.4 Å². The predicted octanol–water partition coefficient (Wildman–Crippen LogP) is 2.54. The van der Waals surface area contributed by atoms with Crippen molar-refractivity contribution in [3.63, 3.8) is 0 Å². The van der Waals surface area contributed by atoms with Crippen molar-refractivity contribution in [1.82, 2.24) is 4.31 Å². The van der Waals surface area contributed by atoms with Crippen molar-refractivity contribution >= 4 is 16.1 Å². The lowest BCUT2D eigenvalue weighted by Gasteiger charge is -2.30. The molecule has 2 unspecified atom stereocenters. The summed E-state index contributed by atoms with van der Waals surface area (Å²) in [5, 5.41) is 10.7. The van der Waals surface area contributed by atoms with Gasteiger partial charge in [-0.3, -0.25) is 0 Å². The molecule has 0 bridgehead atoms. The van der Waals surface area contributed by atoms with E-state index in [2.05, 4.69) is 0 Å². The Morgan fingerprint density at radius 3 is 2.32 bits per heavy atom. The molecular formula is C17H16FNO5S. The molecule has 6 nitrogen and oxygen atoms in total. The van der Waals surface area contributed by atoms with Crippen LogP contribution in [0.2, 0.25) is 0 Å². The first-order valence-corrected chi connectivity index (χ1v) is 8.91. The Labute approximate surface area is 144 Å². The van der Waals surface area contributed by atoms with E-state index in [1.54, 1.807) is 25.1 Å². The van der Waals surface area contributed by atoms with Crippen molar-refractivity contribution in [3.8, 4) is 0 Å². The van der Waals surface area contributed by atoms with Gasteiger partial charge in [-0.1, -0.05) is 48.0 Å². The fraction of sp³-hybridized carbons (Fsp3) is 0.235. The van der Waals surface area contributed by atoms with Gasteiger partial charge < -0.3 is 9.84 Å². The maximum absolute atomic E-state index is 13.8. The number of halogens is 1. The molecule has 1 aliphatic rings. The molecule has 2 aromatic carbocycles. The Morgan fingerprint density at radius 1 is 1.16 bits per heavy atom. The lowest BCUT2D eigenvalue weighted by molar-refractivity contribution is -0.0898. The van der Waals surface area contributed by atoms with E-state index in [9.17, 15) is 22.7 Å². The second kappa shape index (κ2) is 6.12. The van der Waals surface area contributed by atoms with Gasteiger partial charge in [0, 0.05) is 0 Å². The van der Waals surface area contributed by atoms with Crippen molar-refractivity contribution in [2.75, 3.05) is 6.67 Å². The number of carbonyl (C=O) groups is 1. The largest absolute Gasteiger partial charge is 0.435 e. The summed E-state index contributed by atoms with van der Waals surface area (Å²) in [5.41, 5.74) is -1.56. The van der Waals surface area contributed by atoms with Crippen LogP contribution < -0.4 is 0 Å². The summed E-state index contributed by atoms with van der Waals surface area (Å²) in [6.07, 6.45) is -2.79. The third-order valence-electron chi connectivity index (χ3n) is 4.01. The number of rotatable bonds is 4. The summed E-state index contributed by atoms with van der Waals surface area (Å²) in [7, 11) is -4.50. The molecule has 0 spiro atoms. The minimum atomic E-state index is -4.50. The predicted molar refractivity (Wildman–Crippen MR) is 86.8 cm³/mol. The Kier molecular flexibility index (Phi) is 4.26. The number of nitrogens with zero attached hydrogens (tertiary/aromatic N) is 1. The van der Waals surface area contributed by atoms with Crippen LogP contribution in [0.5, 0.6) is 0 Å². The van der Waals surface area contributed by atoms with Crippen LogP contribution in [0.3, 0.4) is 0 Å². The minimum Gasteiger partial charge on any atom is -0.435 e. The number of amides is 1. The standard InChI is InChI=1S/C17H16FNO5S/c1-12-7-9-14(10-8-12)25(22,23)19-16(20)24-15(17(19,21)11-18)13-5-3-2-4-6-13/h2-10,15,21H,11H2,1H3. The fourth-order valence-corrected chi connectivity index (χ4v) is 4.21. The molecule has 1 N–H and O–H groups in total. The second-order valence-electron chi connectivity index (χ2n) is 5.77. The molecule has 0 saturated carbocycles. The first-order chi connectivity index (χ1) is 11.8. The molecule has 2 aromatic rings. The van der Waals surface area contributed by atoms with Gasteiger partial charge in [-0.25, -0.2) is 17.6 Å². The van der Waals surface area contributed by atoms with Crippen molar-refractivity contribution in [3.05, 3.63) is 65.7 Å². The van der Waals surface area contributed by atoms with Gasteiger partial charge in [-0.2, -0.15) is 4.31 Å². The first-order valence-electron chi connectivity index (χ1n) is 7.47. The summed E-state index contributed by atoms with van der Waals surface area (Å²) in [4.78, 5) is 12.0. The zero-order valence-electron chi connectivity index (χ0n) is 13.3. The summed E-state index contributed by atoms with van der Waals surface area (Å²) in [6, 6.07) is 13.6. The van der Waals surface area contributed by atoms with Gasteiger partial charge in [-0.05, 0) is 24.6 Å². The number of cyclic esters (lactones) is 1. The third-order valence-corrected chi connectivity index (χ3v) is 5.83. The molecule has 2 atom stereocenters. The van der Waals surface area contributed by atoms with Gasteiger partial charge >= 0.3 is 6.09 Å². The van der Waals surface area contributed by atoms with Crippen LogP contribution in [0.15, 0.2) is 59.5 Å². The molecule has 1 fully saturated rings. The average molecular weight is 365 g/mol. The monoisotopic (exact) mass is 365 g/mol. The lowest BCUT2D eigenvalue weighted by Crippen LogP contribution is -2.52. The highest BCUT2D eigenvalue weighted by atomic mass is 32.2. The zero-order valence-corrected chi connectivity index (χ0v) is 14.1. The number of ether oxygens (including phenoxy) is 1. The summed E-state index contributed by atoms with van der Waals surface area (Å²) in [6.45, 7) is 0.257. The quantitative estimate of drug-likeness (QED) is 0.900. The number of carbonyl (C=O) groups excluding carboxylic acids is 1. The van der Waals surface area contributed by atoms with Crippen molar-refractivity contribution in [2.24, 2.45) is 0 Å². The van der Waals surface area contributed by atoms with Crippen molar-refractivity contribution in [1.29, 1.82) is 0 Å². The number of hydrogen-bond acceptors (Lipinski definition) is 5. The smallest absolute Gasteiger partial charge is 0.427 e. The molecular weight excluding hydrogens is 349 g/mol. The highest BCUT2D eigenvalue weighted by Gasteiger charge is 2.60. The maximum atomic E-state index is 13.8. The molecule has 0 radical (unpaired) electrons. The van der Waals surface area contributed by atoms with Crippen LogP contribution in [0.4, 0.5) is 9.18 Å². The molecule has 25 heavy (non-hydrogen) atoms. The Morgan fingerprint density at radius 2 is 1.76 bits per heavy atom. The Bertz CT molecular complexity index is 885. The number of aryl methyl sites for hydroxylation is 1. The van der Waals surface area contributed by atoms with E-state index in [-0.39, 0.29) is 14.8 Å². The molecule has 8 heteroatoms. The SMILES string of the molecule is Cc1ccc(S(=O)(=O)N2C(=O)OC(c3ccccc3)C2(O)CF)cc1. The zero-order chi connectivity index (χ0) is 18.2. The third kappa shape index (κ3) is 2.77. The summed E-state index contributed by atoms with van der Waals surface area (Å²) >= 11 is 0. The van der Waals surface area contributed by atoms with Crippen LogP contribution in [-0.2, 0) is 14.8 Å². The van der Waals surface area contributed by atoms with E-state index in [4.69, 9.17) is 4.74 Å². The Hall–Kier alpha value is -2.45. The molecule has 1 amide bonds. The molecule has 1 aliphatic heterocycles. The first kappa shape index (κ1) is 17.4. The van der Waals surface area contributed by atoms with Crippen LogP contribution in [0.25, 0.3) is 0 Å². The summed E-state index contributed by atoms with van der Waals surface area (Å²) in [5.74, 6) is 0. The van der Waals surface area contributed by atoms with Gasteiger partial charge in [0.05, 0.1) is 4.90 Å². The van der Waals surface area contributed by atoms with Gasteiger partial charge in [0.25, 0.3) is 10.0 Å². The highest BCUT2D eigenvalue weighted by Crippen LogP contribution is 2.43. The summed E-state index contributed by atoms with van der Waals surface area (Å²) < 4.78 is 44.5. The van der Waals surface area contributed by atoms with Gasteiger partial charge in [0.2, 0.25) is 5.72 Å². The molecule has 0 aliphatic carbocycles. The van der Waals surface area contributed by atoms with E-state index in [0.29, 0.717) is 0 Å². The Balaban J connectivity index is 2.09. The molecule has 1 saturated heterocycles. The lowest BCUT2D eigenvalue weighted by atomic mass is 10.0. The van der Waals surface area contributed by atoms with Gasteiger partial charge in [-0.15, -0.1) is 0 Å². The number of benzene rings is 2. The normalized spacial score (nSPS) is 23.6. The number of hydrogen-bond donors (Lipinski definition) is 1. The van der Waals surface area contributed by atoms with Crippen LogP contribution in [0, 0.1) is 6.92 Å². The van der Waals surface area contributed by atoms with Crippen molar-refractivity contribution in [2.45, 2.75) is 23.6 Å². The average Bonchev–Trinajstić information content (AvgIpc) is 2.88. The molecule has 1 heterocycles. The van der Waals surface area contributed by atoms with E-state index >= 15 is 0 Å². The van der Waals surface area contributed by atoms with Crippen molar-refractivity contribution < 1.29 is 27.4 Å². The highest BCUT2D eigenvalue weighted by molar-refractivity contribution is 7.89. The van der Waals surface area contributed by atoms with E-state index in [0.717, 1.165) is 5.56 Å². The maximum Gasteiger partial charge on any atom is 0.427 e. The molecule has 132 valence electrons. The van der Waals surface area contributed by atoms with Crippen LogP contribution in [-0.4, -0.2) is 36.3 Å². The van der Waals surface area contributed by atoms with Crippen LogP contribution in [0.1, 0.15) is 17.2 Å². The molecule has 0 aromatic heterocycles. The topological polar surface area (TPSA) is 83.9 Å². The number of aliphatic hydroxyl groups is 1. The number of alkyl halides is 1. The van der Waals surface area contributed by atoms with Gasteiger partial charge in [0.15, 0.2) is 6.10 Å². The second-order valence-corrected chi connectivity index (χ2v) is 7.56. The van der Waals surface area contributed by atoms with Crippen LogP contribution >= 0.6 is 0 Å². The fourth-order valence-electron chi connectivity index (χ4n) is 2.72. The molecule has 3 rings (SSSR count). The van der Waals surface area contributed by atoms with E-state index < -0.39 is 34.6 Å². The number of sulfonamides is 1.